The number of aromatic nitrogens is 5. The molecule has 0 saturated carbocycles. The van der Waals surface area contributed by atoms with E-state index in [0.29, 0.717) is 17.2 Å². The zero-order valence-corrected chi connectivity index (χ0v) is 13.6. The number of hydrogen-bond donors (Lipinski definition) is 0. The molecule has 1 aromatic carbocycles. The highest BCUT2D eigenvalue weighted by molar-refractivity contribution is 5.56. The lowest BCUT2D eigenvalue weighted by Crippen LogP contribution is -2.15. The quantitative estimate of drug-likeness (QED) is 0.580. The van der Waals surface area contributed by atoms with Gasteiger partial charge in [0.15, 0.2) is 11.5 Å². The summed E-state index contributed by atoms with van der Waals surface area (Å²) in [6, 6.07) is 16.8. The molecule has 0 spiro atoms. The largest absolute Gasteiger partial charge is 0.287 e. The Morgan fingerprint density at radius 3 is 2.68 bits per heavy atom. The molecule has 0 bridgehead atoms. The van der Waals surface area contributed by atoms with Crippen LogP contribution in [0.5, 0.6) is 0 Å². The van der Waals surface area contributed by atoms with E-state index < -0.39 is 0 Å². The van der Waals surface area contributed by atoms with Crippen LogP contribution >= 0.6 is 0 Å². The van der Waals surface area contributed by atoms with Crippen LogP contribution in [0.15, 0.2) is 78.0 Å². The van der Waals surface area contributed by atoms with Crippen molar-refractivity contribution in [1.29, 1.82) is 0 Å². The summed E-state index contributed by atoms with van der Waals surface area (Å²) >= 11 is 0. The van der Waals surface area contributed by atoms with Gasteiger partial charge in [-0.15, -0.1) is 0 Å². The van der Waals surface area contributed by atoms with E-state index in [4.69, 9.17) is 0 Å². The van der Waals surface area contributed by atoms with E-state index in [9.17, 15) is 4.79 Å². The van der Waals surface area contributed by atoms with Gasteiger partial charge in [0, 0.05) is 18.5 Å². The van der Waals surface area contributed by atoms with Gasteiger partial charge in [0.25, 0.3) is 0 Å². The van der Waals surface area contributed by atoms with Crippen LogP contribution in [0.3, 0.4) is 0 Å². The van der Waals surface area contributed by atoms with Gasteiger partial charge in [-0.05, 0) is 42.8 Å². The van der Waals surface area contributed by atoms with Crippen molar-refractivity contribution >= 4 is 0 Å². The molecule has 0 radical (unpaired) electrons. The highest BCUT2D eigenvalue weighted by Gasteiger charge is 2.14. The number of aryl methyl sites for hydroxylation is 1. The molecule has 0 fully saturated rings. The lowest BCUT2D eigenvalue weighted by Gasteiger charge is -2.09. The van der Waals surface area contributed by atoms with E-state index >= 15 is 0 Å². The average Bonchev–Trinajstić information content (AvgIpc) is 3.12. The number of hydrogen-bond acceptors (Lipinski definition) is 4. The topological polar surface area (TPSA) is 65.6 Å². The summed E-state index contributed by atoms with van der Waals surface area (Å²) in [5.74, 6) is 0.634. The van der Waals surface area contributed by atoms with Crippen LogP contribution in [0, 0.1) is 6.92 Å². The van der Waals surface area contributed by atoms with Gasteiger partial charge >= 0.3 is 0 Å². The summed E-state index contributed by atoms with van der Waals surface area (Å²) in [6.07, 6.45) is 4.99. The van der Waals surface area contributed by atoms with Crippen LogP contribution in [0.25, 0.3) is 22.9 Å². The van der Waals surface area contributed by atoms with E-state index in [0.717, 1.165) is 11.3 Å². The molecule has 0 aliphatic carbocycles. The fourth-order valence-electron chi connectivity index (χ4n) is 2.64. The van der Waals surface area contributed by atoms with Crippen molar-refractivity contribution in [1.82, 2.24) is 24.5 Å². The second kappa shape index (κ2) is 6.16. The van der Waals surface area contributed by atoms with Gasteiger partial charge in [0.05, 0.1) is 11.9 Å². The number of benzene rings is 1. The minimum Gasteiger partial charge on any atom is -0.287 e. The fourth-order valence-corrected chi connectivity index (χ4v) is 2.64. The van der Waals surface area contributed by atoms with Crippen molar-refractivity contribution < 1.29 is 0 Å². The minimum absolute atomic E-state index is 0.165. The molecule has 0 unspecified atom stereocenters. The molecule has 0 saturated heterocycles. The zero-order valence-electron chi connectivity index (χ0n) is 13.6. The molecule has 0 N–H and O–H groups in total. The molecular weight excluding hydrogens is 314 g/mol. The van der Waals surface area contributed by atoms with Gasteiger partial charge < -0.3 is 0 Å². The molecule has 0 amide bonds. The SMILES string of the molecule is Cc1cccc(-n2ccc(=O)c(-c3ccnn3-c3ccccn3)n2)c1. The lowest BCUT2D eigenvalue weighted by molar-refractivity contribution is 0.813. The second-order valence-electron chi connectivity index (χ2n) is 5.63. The van der Waals surface area contributed by atoms with Crippen molar-refractivity contribution in [2.75, 3.05) is 0 Å². The first kappa shape index (κ1) is 15.0. The van der Waals surface area contributed by atoms with Crippen LogP contribution in [0.2, 0.25) is 0 Å². The Hall–Kier alpha value is -3.54. The smallest absolute Gasteiger partial charge is 0.209 e. The molecule has 3 heterocycles. The van der Waals surface area contributed by atoms with Gasteiger partial charge in [-0.3, -0.25) is 4.79 Å². The molecule has 0 aliphatic heterocycles. The van der Waals surface area contributed by atoms with E-state index in [1.54, 1.807) is 34.0 Å². The fraction of sp³-hybridized carbons (Fsp3) is 0.0526. The van der Waals surface area contributed by atoms with E-state index in [2.05, 4.69) is 15.2 Å². The highest BCUT2D eigenvalue weighted by Crippen LogP contribution is 2.17. The Balaban J connectivity index is 1.86. The minimum atomic E-state index is -0.165. The van der Waals surface area contributed by atoms with E-state index in [-0.39, 0.29) is 5.43 Å². The van der Waals surface area contributed by atoms with Crippen molar-refractivity contribution in [3.05, 3.63) is 89.0 Å². The van der Waals surface area contributed by atoms with Crippen molar-refractivity contribution in [2.45, 2.75) is 6.92 Å². The summed E-state index contributed by atoms with van der Waals surface area (Å²) in [5.41, 5.74) is 2.78. The molecule has 122 valence electrons. The Bertz CT molecular complexity index is 1080. The van der Waals surface area contributed by atoms with Gasteiger partial charge in [-0.2, -0.15) is 10.2 Å². The maximum absolute atomic E-state index is 12.4. The summed E-state index contributed by atoms with van der Waals surface area (Å²) in [6.45, 7) is 2.02. The maximum Gasteiger partial charge on any atom is 0.209 e. The number of pyridine rings is 1. The molecule has 25 heavy (non-hydrogen) atoms. The highest BCUT2D eigenvalue weighted by atomic mass is 16.1. The van der Waals surface area contributed by atoms with Gasteiger partial charge in [-0.1, -0.05) is 18.2 Å². The maximum atomic E-state index is 12.4. The van der Waals surface area contributed by atoms with Crippen molar-refractivity contribution in [3.8, 4) is 22.9 Å². The summed E-state index contributed by atoms with van der Waals surface area (Å²) in [7, 11) is 0. The normalized spacial score (nSPS) is 10.8. The van der Waals surface area contributed by atoms with E-state index in [1.807, 2.05) is 49.4 Å². The Kier molecular flexibility index (Phi) is 3.70. The molecule has 6 nitrogen and oxygen atoms in total. The Morgan fingerprint density at radius 2 is 1.88 bits per heavy atom. The first-order chi connectivity index (χ1) is 12.2. The first-order valence-corrected chi connectivity index (χ1v) is 7.85. The van der Waals surface area contributed by atoms with Crippen LogP contribution in [0.4, 0.5) is 0 Å². The second-order valence-corrected chi connectivity index (χ2v) is 5.63. The molecular formula is C19H15N5O. The molecule has 3 aromatic heterocycles. The average molecular weight is 329 g/mol. The predicted octanol–water partition coefficient (Wildman–Crippen LogP) is 2.79. The van der Waals surface area contributed by atoms with Crippen LogP contribution in [0.1, 0.15) is 5.56 Å². The van der Waals surface area contributed by atoms with Crippen LogP contribution < -0.4 is 5.43 Å². The third-order valence-corrected chi connectivity index (χ3v) is 3.83. The third-order valence-electron chi connectivity index (χ3n) is 3.83. The summed E-state index contributed by atoms with van der Waals surface area (Å²) in [4.78, 5) is 16.7. The summed E-state index contributed by atoms with van der Waals surface area (Å²) in [5, 5.41) is 8.81. The monoisotopic (exact) mass is 329 g/mol. The molecule has 0 atom stereocenters. The number of rotatable bonds is 3. The van der Waals surface area contributed by atoms with Crippen molar-refractivity contribution in [2.24, 2.45) is 0 Å². The van der Waals surface area contributed by atoms with Gasteiger partial charge in [-0.25, -0.2) is 14.3 Å². The molecule has 6 heteroatoms. The zero-order chi connectivity index (χ0) is 17.2. The Morgan fingerprint density at radius 1 is 0.960 bits per heavy atom. The first-order valence-electron chi connectivity index (χ1n) is 7.85. The van der Waals surface area contributed by atoms with Crippen molar-refractivity contribution in [3.63, 3.8) is 0 Å². The van der Waals surface area contributed by atoms with E-state index in [1.165, 1.54) is 6.07 Å². The van der Waals surface area contributed by atoms with Crippen LogP contribution in [-0.4, -0.2) is 24.5 Å². The number of nitrogens with zero attached hydrogens (tertiary/aromatic N) is 5. The lowest BCUT2D eigenvalue weighted by atomic mass is 10.2. The summed E-state index contributed by atoms with van der Waals surface area (Å²) < 4.78 is 3.31. The Labute approximate surface area is 144 Å². The molecule has 4 rings (SSSR count). The molecule has 4 aromatic rings. The predicted molar refractivity (Wildman–Crippen MR) is 94.9 cm³/mol. The molecule has 0 aliphatic rings. The van der Waals surface area contributed by atoms with Crippen LogP contribution in [-0.2, 0) is 0 Å². The standard InChI is InChI=1S/C19H15N5O/c1-14-5-4-6-15(13-14)23-12-9-17(25)19(22-23)16-8-11-21-24(16)18-7-2-3-10-20-18/h2-13H,1H3. The van der Waals surface area contributed by atoms with Gasteiger partial charge in [0.2, 0.25) is 5.43 Å². The van der Waals surface area contributed by atoms with Gasteiger partial charge in [0.1, 0.15) is 5.69 Å². The third kappa shape index (κ3) is 2.85.